The molecule has 0 spiro atoms. The molecule has 0 saturated carbocycles. The van der Waals surface area contributed by atoms with Gasteiger partial charge in [0.25, 0.3) is 5.52 Å². The Morgan fingerprint density at radius 3 is 1.49 bits per heavy atom. The second kappa shape index (κ2) is 35.3. The SMILES string of the molecule is CCCCCCCCCCCCCCCCCCN1/C(=C/C=C/c2oc3ccccc3[n+]2CCCCCCCCCCCCCCCCCC)Oc2ccccc21.Cc1ccc(S(=O)(=O)[O-])cc1. The molecule has 0 radical (unpaired) electrons. The average Bonchev–Trinajstić information content (AvgIpc) is 3.88. The first-order valence-corrected chi connectivity index (χ1v) is 29.1. The number of allylic oxidation sites excluding steroid dienone is 2. The van der Waals surface area contributed by atoms with Gasteiger partial charge in [-0.05, 0) is 62.2 Å². The van der Waals surface area contributed by atoms with Crippen LogP contribution in [0.1, 0.15) is 231 Å². The molecule has 0 atom stereocenters. The van der Waals surface area contributed by atoms with Gasteiger partial charge in [0.05, 0.1) is 16.7 Å². The van der Waals surface area contributed by atoms with Crippen LogP contribution in [0.25, 0.3) is 17.2 Å². The predicted octanol–water partition coefficient (Wildman–Crippen LogP) is 17.9. The van der Waals surface area contributed by atoms with Gasteiger partial charge in [-0.2, -0.15) is 4.57 Å². The number of unbranched alkanes of at least 4 members (excludes halogenated alkanes) is 30. The van der Waals surface area contributed by atoms with E-state index in [1.165, 1.54) is 229 Å². The van der Waals surface area contributed by atoms with E-state index in [2.05, 4.69) is 90.1 Å². The quantitative estimate of drug-likeness (QED) is 0.0254. The van der Waals surface area contributed by atoms with Gasteiger partial charge in [0.1, 0.15) is 10.1 Å². The molecule has 0 unspecified atom stereocenters. The maximum Gasteiger partial charge on any atom is 0.374 e. The zero-order valence-corrected chi connectivity index (χ0v) is 43.9. The summed E-state index contributed by atoms with van der Waals surface area (Å²) in [5.74, 6) is 2.78. The lowest BCUT2D eigenvalue weighted by Crippen LogP contribution is -2.35. The van der Waals surface area contributed by atoms with Gasteiger partial charge < -0.3 is 18.6 Å². The number of aromatic nitrogens is 1. The lowest BCUT2D eigenvalue weighted by atomic mass is 10.0. The highest BCUT2D eigenvalue weighted by Gasteiger charge is 2.25. The molecule has 0 bridgehead atoms. The molecule has 7 nitrogen and oxygen atoms in total. The van der Waals surface area contributed by atoms with Crippen LogP contribution in [0.4, 0.5) is 5.69 Å². The smallest absolute Gasteiger partial charge is 0.374 e. The second-order valence-electron chi connectivity index (χ2n) is 19.5. The molecule has 2 heterocycles. The average molecular weight is 953 g/mol. The van der Waals surface area contributed by atoms with Gasteiger partial charge in [-0.25, -0.2) is 8.42 Å². The summed E-state index contributed by atoms with van der Waals surface area (Å²) in [6.45, 7) is 8.39. The van der Waals surface area contributed by atoms with Crippen molar-refractivity contribution in [1.82, 2.24) is 0 Å². The summed E-state index contributed by atoms with van der Waals surface area (Å²) < 4.78 is 46.3. The van der Waals surface area contributed by atoms with E-state index in [1.54, 1.807) is 12.1 Å². The van der Waals surface area contributed by atoms with Crippen molar-refractivity contribution in [2.45, 2.75) is 238 Å². The van der Waals surface area contributed by atoms with Gasteiger partial charge in [-0.15, -0.1) is 0 Å². The van der Waals surface area contributed by atoms with Crippen LogP contribution in [-0.2, 0) is 16.7 Å². The molecule has 0 amide bonds. The molecule has 8 heteroatoms. The van der Waals surface area contributed by atoms with E-state index in [0.29, 0.717) is 0 Å². The molecule has 68 heavy (non-hydrogen) atoms. The molecule has 0 N–H and O–H groups in total. The first-order chi connectivity index (χ1) is 33.3. The summed E-state index contributed by atoms with van der Waals surface area (Å²) in [6.07, 6.45) is 50.9. The van der Waals surface area contributed by atoms with Crippen LogP contribution < -0.4 is 14.2 Å². The third-order valence-electron chi connectivity index (χ3n) is 13.5. The standard InChI is InChI=1S/C53H85N2O2.C7H8O3S/c1-3-5-7-9-11-13-15-17-19-21-23-25-27-29-31-37-46-54-48-40-33-35-42-50(48)56-52(54)44-39-45-53-55(49-41-34-36-43-51(49)57-53)47-38-32-30-28-26-24-22-20-18-16-14-12-10-8-6-4-2;1-6-2-4-7(5-3-6)11(8,9)10/h33-36,39-45H,3-32,37-38,46-47H2,1-2H3;2-5H,1H3,(H,8,9,10)/q+1;/p-1. The number of anilines is 1. The summed E-state index contributed by atoms with van der Waals surface area (Å²) in [5, 5.41) is 0. The first-order valence-electron chi connectivity index (χ1n) is 27.7. The summed E-state index contributed by atoms with van der Waals surface area (Å²) in [6, 6.07) is 22.7. The number of hydrogen-bond donors (Lipinski definition) is 0. The molecule has 0 fully saturated rings. The number of nitrogens with zero attached hydrogens (tertiary/aromatic N) is 2. The maximum absolute atomic E-state index is 10.4. The molecule has 4 aromatic rings. The van der Waals surface area contributed by atoms with Crippen molar-refractivity contribution in [3.63, 3.8) is 0 Å². The fraction of sp³-hybridized carbons (Fsp3) is 0.617. The molecule has 5 rings (SSSR count). The molecule has 0 saturated heterocycles. The van der Waals surface area contributed by atoms with Gasteiger partial charge >= 0.3 is 5.89 Å². The van der Waals surface area contributed by atoms with Gasteiger partial charge in [-0.1, -0.05) is 242 Å². The Balaban J connectivity index is 0.000000802. The number of aryl methyl sites for hydroxylation is 2. The van der Waals surface area contributed by atoms with E-state index in [9.17, 15) is 13.0 Å². The molecule has 0 aliphatic carbocycles. The lowest BCUT2D eigenvalue weighted by molar-refractivity contribution is -0.678. The van der Waals surface area contributed by atoms with E-state index in [-0.39, 0.29) is 4.90 Å². The van der Waals surface area contributed by atoms with Crippen molar-refractivity contribution in [2.24, 2.45) is 0 Å². The monoisotopic (exact) mass is 953 g/mol. The Morgan fingerprint density at radius 1 is 0.544 bits per heavy atom. The molecule has 1 aliphatic heterocycles. The molecule has 3 aromatic carbocycles. The molecule has 1 aromatic heterocycles. The summed E-state index contributed by atoms with van der Waals surface area (Å²) in [5.41, 5.74) is 4.24. The molecular weight excluding hydrogens is 861 g/mol. The number of fused-ring (bicyclic) bond motifs is 2. The maximum atomic E-state index is 10.4. The highest BCUT2D eigenvalue weighted by Crippen LogP contribution is 2.39. The van der Waals surface area contributed by atoms with E-state index >= 15 is 0 Å². The number of rotatable bonds is 37. The van der Waals surface area contributed by atoms with E-state index in [0.717, 1.165) is 41.8 Å². The van der Waals surface area contributed by atoms with Gasteiger partial charge in [0.2, 0.25) is 11.5 Å². The number of para-hydroxylation sites is 4. The normalized spacial score (nSPS) is 13.1. The zero-order chi connectivity index (χ0) is 48.3. The van der Waals surface area contributed by atoms with Crippen LogP contribution in [0.5, 0.6) is 5.75 Å². The number of oxazole rings is 1. The third-order valence-corrected chi connectivity index (χ3v) is 14.4. The lowest BCUT2D eigenvalue weighted by Gasteiger charge is -2.18. The van der Waals surface area contributed by atoms with Crippen LogP contribution >= 0.6 is 0 Å². The molecular formula is C60H92N2O5S. The summed E-state index contributed by atoms with van der Waals surface area (Å²) in [4.78, 5) is 2.19. The van der Waals surface area contributed by atoms with Crippen LogP contribution in [0.3, 0.4) is 0 Å². The zero-order valence-electron chi connectivity index (χ0n) is 43.0. The van der Waals surface area contributed by atoms with E-state index < -0.39 is 10.1 Å². The Morgan fingerprint density at radius 2 is 0.985 bits per heavy atom. The minimum Gasteiger partial charge on any atom is -0.744 e. The molecule has 378 valence electrons. The minimum atomic E-state index is -4.27. The van der Waals surface area contributed by atoms with Crippen LogP contribution in [0, 0.1) is 6.92 Å². The Bertz CT molecular complexity index is 2070. The fourth-order valence-corrected chi connectivity index (χ4v) is 9.84. The number of hydrogen-bond acceptors (Lipinski definition) is 6. The van der Waals surface area contributed by atoms with Crippen molar-refractivity contribution in [3.05, 3.63) is 102 Å². The fourth-order valence-electron chi connectivity index (χ4n) is 9.37. The van der Waals surface area contributed by atoms with Gasteiger partial charge in [-0.3, -0.25) is 0 Å². The predicted molar refractivity (Wildman–Crippen MR) is 286 cm³/mol. The van der Waals surface area contributed by atoms with Crippen molar-refractivity contribution < 1.29 is 26.7 Å². The second-order valence-corrected chi connectivity index (χ2v) is 20.9. The van der Waals surface area contributed by atoms with Crippen molar-refractivity contribution >= 4 is 33.0 Å². The Kier molecular flexibility index (Phi) is 29.4. The van der Waals surface area contributed by atoms with Gasteiger partial charge in [0.15, 0.2) is 12.3 Å². The first kappa shape index (κ1) is 56.7. The topological polar surface area (TPSA) is 86.7 Å². The molecule has 1 aliphatic rings. The highest BCUT2D eigenvalue weighted by molar-refractivity contribution is 7.85. The van der Waals surface area contributed by atoms with Crippen molar-refractivity contribution in [3.8, 4) is 5.75 Å². The third kappa shape index (κ3) is 23.2. The Hall–Kier alpha value is -3.88. The van der Waals surface area contributed by atoms with Crippen LogP contribution in [0.15, 0.2) is 100 Å². The van der Waals surface area contributed by atoms with Crippen molar-refractivity contribution in [2.75, 3.05) is 11.4 Å². The largest absolute Gasteiger partial charge is 0.744 e. The van der Waals surface area contributed by atoms with Crippen LogP contribution in [-0.4, -0.2) is 19.5 Å². The number of benzene rings is 3. The van der Waals surface area contributed by atoms with Crippen LogP contribution in [0.2, 0.25) is 0 Å². The van der Waals surface area contributed by atoms with E-state index in [1.807, 2.05) is 6.92 Å². The highest BCUT2D eigenvalue weighted by atomic mass is 32.2. The van der Waals surface area contributed by atoms with Gasteiger partial charge in [0, 0.05) is 19.0 Å². The minimum absolute atomic E-state index is 0.178. The Labute approximate surface area is 415 Å². The van der Waals surface area contributed by atoms with Crippen molar-refractivity contribution in [1.29, 1.82) is 0 Å². The summed E-state index contributed by atoms with van der Waals surface area (Å²) in [7, 11) is -4.27. The summed E-state index contributed by atoms with van der Waals surface area (Å²) >= 11 is 0. The van der Waals surface area contributed by atoms with E-state index in [4.69, 9.17) is 9.15 Å². The number of ether oxygens (including phenoxy) is 1.